The molecule has 2 rings (SSSR count). The van der Waals surface area contributed by atoms with Crippen LogP contribution in [0.5, 0.6) is 5.75 Å². The molecule has 0 radical (unpaired) electrons. The van der Waals surface area contributed by atoms with Crippen LogP contribution >= 0.6 is 0 Å². The summed E-state index contributed by atoms with van der Waals surface area (Å²) in [7, 11) is 1.63. The molecule has 5 nitrogen and oxygen atoms in total. The van der Waals surface area contributed by atoms with Crippen LogP contribution < -0.4 is 10.1 Å². The van der Waals surface area contributed by atoms with Gasteiger partial charge in [-0.1, -0.05) is 0 Å². The summed E-state index contributed by atoms with van der Waals surface area (Å²) in [6.45, 7) is 2.70. The van der Waals surface area contributed by atoms with Crippen molar-refractivity contribution in [1.82, 2.24) is 20.3 Å². The predicted octanol–water partition coefficient (Wildman–Crippen LogP) is 1.73. The van der Waals surface area contributed by atoms with E-state index in [1.165, 1.54) is 0 Å². The molecule has 18 heavy (non-hydrogen) atoms. The summed E-state index contributed by atoms with van der Waals surface area (Å²) in [6, 6.07) is 5.73. The van der Waals surface area contributed by atoms with Gasteiger partial charge in [0, 0.05) is 18.9 Å². The Labute approximate surface area is 106 Å². The highest BCUT2D eigenvalue weighted by atomic mass is 16.5. The fourth-order valence-corrected chi connectivity index (χ4v) is 1.52. The quantitative estimate of drug-likeness (QED) is 0.868. The third kappa shape index (κ3) is 3.24. The van der Waals surface area contributed by atoms with E-state index in [1.807, 2.05) is 19.1 Å². The van der Waals surface area contributed by atoms with Gasteiger partial charge in [0.2, 0.25) is 0 Å². The van der Waals surface area contributed by atoms with Crippen LogP contribution in [0.2, 0.25) is 0 Å². The van der Waals surface area contributed by atoms with Crippen molar-refractivity contribution in [2.24, 2.45) is 0 Å². The molecule has 2 aromatic rings. The highest BCUT2D eigenvalue weighted by Crippen LogP contribution is 2.09. The van der Waals surface area contributed by atoms with Crippen molar-refractivity contribution in [2.45, 2.75) is 19.5 Å². The molecule has 5 heteroatoms. The molecule has 0 bridgehead atoms. The first-order chi connectivity index (χ1) is 8.79. The Bertz CT molecular complexity index is 472. The molecule has 0 aliphatic rings. The van der Waals surface area contributed by atoms with Crippen LogP contribution in [0.15, 0.2) is 36.8 Å². The maximum Gasteiger partial charge on any atom is 0.144 e. The average molecular weight is 244 g/mol. The molecule has 0 aliphatic heterocycles. The molecule has 0 amide bonds. The number of rotatable bonds is 5. The summed E-state index contributed by atoms with van der Waals surface area (Å²) < 4.78 is 5.06. The Morgan fingerprint density at radius 2 is 2.00 bits per heavy atom. The first-order valence-electron chi connectivity index (χ1n) is 5.79. The number of methoxy groups -OCH3 is 1. The largest absolute Gasteiger partial charge is 0.495 e. The summed E-state index contributed by atoms with van der Waals surface area (Å²) >= 11 is 0. The maximum absolute atomic E-state index is 5.06. The second kappa shape index (κ2) is 6.07. The van der Waals surface area contributed by atoms with Crippen molar-refractivity contribution >= 4 is 0 Å². The third-order valence-electron chi connectivity index (χ3n) is 2.60. The van der Waals surface area contributed by atoms with E-state index in [0.717, 1.165) is 17.3 Å². The Balaban J connectivity index is 1.91. The van der Waals surface area contributed by atoms with E-state index in [4.69, 9.17) is 4.74 Å². The molecule has 0 saturated carbocycles. The first kappa shape index (κ1) is 12.4. The summed E-state index contributed by atoms with van der Waals surface area (Å²) in [5.74, 6) is 1.55. The highest BCUT2D eigenvalue weighted by Gasteiger charge is 2.07. The molecule has 0 aliphatic carbocycles. The number of nitrogens with zero attached hydrogens (tertiary/aromatic N) is 3. The van der Waals surface area contributed by atoms with Gasteiger partial charge in [-0.15, -0.1) is 0 Å². The van der Waals surface area contributed by atoms with Crippen LogP contribution in [-0.4, -0.2) is 22.1 Å². The van der Waals surface area contributed by atoms with Crippen molar-refractivity contribution in [3.63, 3.8) is 0 Å². The van der Waals surface area contributed by atoms with Crippen molar-refractivity contribution in [3.8, 4) is 5.75 Å². The summed E-state index contributed by atoms with van der Waals surface area (Å²) in [5.41, 5.74) is 0.957. The van der Waals surface area contributed by atoms with E-state index in [-0.39, 0.29) is 6.04 Å². The molecule has 2 aromatic heterocycles. The van der Waals surface area contributed by atoms with Crippen molar-refractivity contribution < 1.29 is 4.74 Å². The average Bonchev–Trinajstić information content (AvgIpc) is 2.46. The van der Waals surface area contributed by atoms with Gasteiger partial charge in [-0.2, -0.15) is 0 Å². The van der Waals surface area contributed by atoms with E-state index in [1.54, 1.807) is 31.8 Å². The van der Waals surface area contributed by atoms with Gasteiger partial charge in [-0.3, -0.25) is 4.98 Å². The smallest absolute Gasteiger partial charge is 0.144 e. The van der Waals surface area contributed by atoms with Crippen LogP contribution in [0.4, 0.5) is 0 Å². The monoisotopic (exact) mass is 244 g/mol. The fourth-order valence-electron chi connectivity index (χ4n) is 1.52. The van der Waals surface area contributed by atoms with Crippen molar-refractivity contribution in [1.29, 1.82) is 0 Å². The summed E-state index contributed by atoms with van der Waals surface area (Å²) in [4.78, 5) is 12.7. The Kier molecular flexibility index (Phi) is 4.20. The van der Waals surface area contributed by atoms with Gasteiger partial charge >= 0.3 is 0 Å². The number of hydrogen-bond donors (Lipinski definition) is 1. The number of ether oxygens (including phenoxy) is 1. The molecular formula is C13H16N4O. The zero-order chi connectivity index (χ0) is 12.8. The molecule has 1 N–H and O–H groups in total. The molecule has 0 saturated heterocycles. The van der Waals surface area contributed by atoms with Gasteiger partial charge in [-0.25, -0.2) is 9.97 Å². The lowest BCUT2D eigenvalue weighted by Crippen LogP contribution is -2.20. The van der Waals surface area contributed by atoms with Crippen LogP contribution in [0, 0.1) is 0 Å². The lowest BCUT2D eigenvalue weighted by molar-refractivity contribution is 0.412. The zero-order valence-corrected chi connectivity index (χ0v) is 10.5. The van der Waals surface area contributed by atoms with Crippen molar-refractivity contribution in [3.05, 3.63) is 48.3 Å². The summed E-state index contributed by atoms with van der Waals surface area (Å²) in [5, 5.41) is 3.32. The molecule has 0 fully saturated rings. The van der Waals surface area contributed by atoms with E-state index in [9.17, 15) is 0 Å². The van der Waals surface area contributed by atoms with Gasteiger partial charge in [0.25, 0.3) is 0 Å². The minimum absolute atomic E-state index is 0.0927. The summed E-state index contributed by atoms with van der Waals surface area (Å²) in [6.07, 6.45) is 5.19. The fraction of sp³-hybridized carbons (Fsp3) is 0.308. The topological polar surface area (TPSA) is 59.9 Å². The molecule has 1 atom stereocenters. The number of pyridine rings is 1. The van der Waals surface area contributed by atoms with Gasteiger partial charge < -0.3 is 10.1 Å². The van der Waals surface area contributed by atoms with Crippen LogP contribution in [0.3, 0.4) is 0 Å². The van der Waals surface area contributed by atoms with Gasteiger partial charge in [-0.05, 0) is 25.1 Å². The van der Waals surface area contributed by atoms with Gasteiger partial charge in [0.1, 0.15) is 11.6 Å². The zero-order valence-electron chi connectivity index (χ0n) is 10.5. The second-order valence-electron chi connectivity index (χ2n) is 3.90. The van der Waals surface area contributed by atoms with Gasteiger partial charge in [0.15, 0.2) is 0 Å². The Morgan fingerprint density at radius 3 is 2.61 bits per heavy atom. The molecular weight excluding hydrogens is 228 g/mol. The van der Waals surface area contributed by atoms with Crippen LogP contribution in [0.25, 0.3) is 0 Å². The number of hydrogen-bond acceptors (Lipinski definition) is 5. The molecule has 0 aromatic carbocycles. The standard InChI is InChI=1S/C13H16N4O/c1-10(13-14-6-3-7-15-13)16-8-11-4-5-12(18-2)9-17-11/h3-7,9-10,16H,8H2,1-2H3. The molecule has 2 heterocycles. The normalized spacial score (nSPS) is 12.1. The molecule has 94 valence electrons. The van der Waals surface area contributed by atoms with E-state index < -0.39 is 0 Å². The Morgan fingerprint density at radius 1 is 1.22 bits per heavy atom. The maximum atomic E-state index is 5.06. The lowest BCUT2D eigenvalue weighted by atomic mass is 10.3. The number of aromatic nitrogens is 3. The van der Waals surface area contributed by atoms with Gasteiger partial charge in [0.05, 0.1) is 25.0 Å². The van der Waals surface area contributed by atoms with Crippen LogP contribution in [-0.2, 0) is 6.54 Å². The highest BCUT2D eigenvalue weighted by molar-refractivity contribution is 5.19. The Hall–Kier alpha value is -2.01. The molecule has 1 unspecified atom stereocenters. The van der Waals surface area contributed by atoms with Crippen LogP contribution in [0.1, 0.15) is 24.5 Å². The SMILES string of the molecule is COc1ccc(CNC(C)c2ncccn2)nc1. The van der Waals surface area contributed by atoms with E-state index >= 15 is 0 Å². The van der Waals surface area contributed by atoms with E-state index in [2.05, 4.69) is 20.3 Å². The minimum Gasteiger partial charge on any atom is -0.495 e. The second-order valence-corrected chi connectivity index (χ2v) is 3.90. The van der Waals surface area contributed by atoms with Crippen molar-refractivity contribution in [2.75, 3.05) is 7.11 Å². The number of nitrogens with one attached hydrogen (secondary N) is 1. The minimum atomic E-state index is 0.0927. The third-order valence-corrected chi connectivity index (χ3v) is 2.60. The molecule has 0 spiro atoms. The lowest BCUT2D eigenvalue weighted by Gasteiger charge is -2.11. The predicted molar refractivity (Wildman–Crippen MR) is 68.1 cm³/mol. The first-order valence-corrected chi connectivity index (χ1v) is 5.79. The van der Waals surface area contributed by atoms with E-state index in [0.29, 0.717) is 6.54 Å².